The highest BCUT2D eigenvalue weighted by Gasteiger charge is 2.33. The van der Waals surface area contributed by atoms with Crippen molar-refractivity contribution in [2.45, 2.75) is 18.9 Å². The predicted molar refractivity (Wildman–Crippen MR) is 102 cm³/mol. The minimum atomic E-state index is -0.411. The van der Waals surface area contributed by atoms with Crippen LogP contribution in [0.15, 0.2) is 48.5 Å². The molecule has 1 aliphatic rings. The van der Waals surface area contributed by atoms with Gasteiger partial charge < -0.3 is 25.0 Å². The van der Waals surface area contributed by atoms with E-state index in [0.29, 0.717) is 35.9 Å². The quantitative estimate of drug-likeness (QED) is 0.848. The van der Waals surface area contributed by atoms with E-state index in [2.05, 4.69) is 10.6 Å². The number of nitrogens with zero attached hydrogens (tertiary/aromatic N) is 1. The molecule has 7 heteroatoms. The van der Waals surface area contributed by atoms with Crippen molar-refractivity contribution >= 4 is 17.6 Å². The molecular formula is C20H23N3O4. The molecule has 7 nitrogen and oxygen atoms in total. The van der Waals surface area contributed by atoms with E-state index in [0.717, 1.165) is 6.42 Å². The van der Waals surface area contributed by atoms with Crippen LogP contribution in [0.25, 0.3) is 0 Å². The summed E-state index contributed by atoms with van der Waals surface area (Å²) >= 11 is 0. The zero-order chi connectivity index (χ0) is 19.2. The van der Waals surface area contributed by atoms with Gasteiger partial charge in [0.2, 0.25) is 5.91 Å². The first-order chi connectivity index (χ1) is 13.1. The summed E-state index contributed by atoms with van der Waals surface area (Å²) in [5.41, 5.74) is 0.639. The van der Waals surface area contributed by atoms with Gasteiger partial charge in [0.15, 0.2) is 0 Å². The van der Waals surface area contributed by atoms with Crippen molar-refractivity contribution in [2.75, 3.05) is 26.0 Å². The Bertz CT molecular complexity index is 807. The van der Waals surface area contributed by atoms with Crippen LogP contribution in [-0.4, -0.2) is 43.6 Å². The van der Waals surface area contributed by atoms with Crippen molar-refractivity contribution in [1.29, 1.82) is 0 Å². The number of rotatable bonds is 5. The van der Waals surface area contributed by atoms with E-state index < -0.39 is 6.04 Å². The number of amides is 3. The molecule has 2 aromatic rings. The zero-order valence-electron chi connectivity index (χ0n) is 15.4. The molecule has 27 heavy (non-hydrogen) atoms. The van der Waals surface area contributed by atoms with Crippen molar-refractivity contribution in [1.82, 2.24) is 10.2 Å². The third-order valence-corrected chi connectivity index (χ3v) is 4.45. The zero-order valence-corrected chi connectivity index (χ0v) is 15.4. The Morgan fingerprint density at radius 2 is 1.81 bits per heavy atom. The topological polar surface area (TPSA) is 79.9 Å². The van der Waals surface area contributed by atoms with Crippen LogP contribution < -0.4 is 20.1 Å². The molecule has 0 aromatic heterocycles. The third kappa shape index (κ3) is 4.49. The average Bonchev–Trinajstić information content (AvgIpc) is 3.19. The highest BCUT2D eigenvalue weighted by atomic mass is 16.5. The second-order valence-electron chi connectivity index (χ2n) is 6.20. The highest BCUT2D eigenvalue weighted by molar-refractivity contribution is 5.94. The Labute approximate surface area is 158 Å². The average molecular weight is 369 g/mol. The summed E-state index contributed by atoms with van der Waals surface area (Å²) < 4.78 is 11.0. The molecule has 0 aliphatic carbocycles. The van der Waals surface area contributed by atoms with Gasteiger partial charge in [0.05, 0.1) is 7.11 Å². The number of likely N-dealkylation sites (tertiary alicyclic amines) is 1. The van der Waals surface area contributed by atoms with E-state index in [9.17, 15) is 9.59 Å². The molecule has 0 bridgehead atoms. The number of nitrogens with one attached hydrogen (secondary N) is 2. The molecule has 142 valence electrons. The van der Waals surface area contributed by atoms with Gasteiger partial charge in [-0.05, 0) is 49.2 Å². The first-order valence-electron chi connectivity index (χ1n) is 8.82. The van der Waals surface area contributed by atoms with Crippen LogP contribution in [-0.2, 0) is 4.79 Å². The molecule has 0 saturated carbocycles. The molecule has 1 fully saturated rings. The fraction of sp³-hybridized carbons (Fsp3) is 0.300. The third-order valence-electron chi connectivity index (χ3n) is 4.45. The fourth-order valence-electron chi connectivity index (χ4n) is 3.05. The number of carbonyl (C=O) groups excluding carboxylic acids is 2. The number of ether oxygens (including phenoxy) is 2. The lowest BCUT2D eigenvalue weighted by Gasteiger charge is -2.23. The van der Waals surface area contributed by atoms with Crippen molar-refractivity contribution in [2.24, 2.45) is 0 Å². The van der Waals surface area contributed by atoms with Crippen LogP contribution in [0.4, 0.5) is 10.5 Å². The number of urea groups is 1. The van der Waals surface area contributed by atoms with Crippen LogP contribution >= 0.6 is 0 Å². The Balaban J connectivity index is 1.61. The summed E-state index contributed by atoms with van der Waals surface area (Å²) in [7, 11) is 3.18. The number of hydrogen-bond acceptors (Lipinski definition) is 4. The van der Waals surface area contributed by atoms with Crippen LogP contribution in [0.1, 0.15) is 12.8 Å². The van der Waals surface area contributed by atoms with Gasteiger partial charge in [0.1, 0.15) is 23.3 Å². The molecule has 2 aromatic carbocycles. The normalized spacial score (nSPS) is 15.9. The largest absolute Gasteiger partial charge is 0.497 e. The van der Waals surface area contributed by atoms with E-state index in [4.69, 9.17) is 9.47 Å². The predicted octanol–water partition coefficient (Wildman–Crippen LogP) is 3.23. The minimum Gasteiger partial charge on any atom is -0.497 e. The number of benzene rings is 2. The second kappa shape index (κ2) is 8.44. The maximum Gasteiger partial charge on any atom is 0.322 e. The molecule has 0 radical (unpaired) electrons. The van der Waals surface area contributed by atoms with Gasteiger partial charge in [-0.2, -0.15) is 0 Å². The van der Waals surface area contributed by atoms with Gasteiger partial charge in [-0.25, -0.2) is 4.79 Å². The van der Waals surface area contributed by atoms with E-state index in [-0.39, 0.29) is 11.9 Å². The lowest BCUT2D eigenvalue weighted by molar-refractivity contribution is -0.124. The first kappa shape index (κ1) is 18.6. The van der Waals surface area contributed by atoms with Crippen molar-refractivity contribution < 1.29 is 19.1 Å². The van der Waals surface area contributed by atoms with Crippen molar-refractivity contribution in [3.05, 3.63) is 48.5 Å². The smallest absolute Gasteiger partial charge is 0.322 e. The second-order valence-corrected chi connectivity index (χ2v) is 6.20. The first-order valence-corrected chi connectivity index (χ1v) is 8.82. The molecule has 1 aliphatic heterocycles. The summed E-state index contributed by atoms with van der Waals surface area (Å²) in [6.07, 6.45) is 1.50. The molecule has 0 spiro atoms. The van der Waals surface area contributed by atoms with Gasteiger partial charge in [0.25, 0.3) is 0 Å². The molecule has 3 rings (SSSR count). The van der Waals surface area contributed by atoms with Crippen LogP contribution in [0.5, 0.6) is 17.2 Å². The molecule has 1 saturated heterocycles. The molecule has 1 atom stereocenters. The van der Waals surface area contributed by atoms with Gasteiger partial charge in [-0.3, -0.25) is 4.79 Å². The van der Waals surface area contributed by atoms with E-state index in [1.807, 2.05) is 18.2 Å². The Kier molecular flexibility index (Phi) is 5.80. The van der Waals surface area contributed by atoms with Gasteiger partial charge in [-0.15, -0.1) is 0 Å². The number of anilines is 1. The number of hydrogen-bond donors (Lipinski definition) is 2. The number of likely N-dealkylation sites (N-methyl/N-ethyl adjacent to an activating group) is 1. The van der Waals surface area contributed by atoms with Gasteiger partial charge in [-0.1, -0.05) is 6.07 Å². The summed E-state index contributed by atoms with van der Waals surface area (Å²) in [6.45, 7) is 0.570. The Hall–Kier alpha value is -3.22. The molecule has 1 unspecified atom stereocenters. The highest BCUT2D eigenvalue weighted by Crippen LogP contribution is 2.26. The Morgan fingerprint density at radius 1 is 1.07 bits per heavy atom. The van der Waals surface area contributed by atoms with Crippen LogP contribution in [0.3, 0.4) is 0 Å². The number of carbonyl (C=O) groups is 2. The summed E-state index contributed by atoms with van der Waals surface area (Å²) in [6, 6.07) is 13.7. The maximum atomic E-state index is 12.5. The summed E-state index contributed by atoms with van der Waals surface area (Å²) in [4.78, 5) is 25.9. The monoisotopic (exact) mass is 369 g/mol. The van der Waals surface area contributed by atoms with Crippen molar-refractivity contribution in [3.63, 3.8) is 0 Å². The van der Waals surface area contributed by atoms with E-state index in [1.165, 1.54) is 0 Å². The molecule has 3 amide bonds. The van der Waals surface area contributed by atoms with E-state index >= 15 is 0 Å². The lowest BCUT2D eigenvalue weighted by Crippen LogP contribution is -2.46. The summed E-state index contributed by atoms with van der Waals surface area (Å²) in [5, 5.41) is 5.44. The van der Waals surface area contributed by atoms with E-state index in [1.54, 1.807) is 49.4 Å². The van der Waals surface area contributed by atoms with Gasteiger partial charge >= 0.3 is 6.03 Å². The lowest BCUT2D eigenvalue weighted by atomic mass is 10.2. The molecule has 2 N–H and O–H groups in total. The minimum absolute atomic E-state index is 0.135. The van der Waals surface area contributed by atoms with Crippen LogP contribution in [0, 0.1) is 0 Å². The number of methoxy groups -OCH3 is 1. The maximum absolute atomic E-state index is 12.5. The van der Waals surface area contributed by atoms with Crippen LogP contribution in [0.2, 0.25) is 0 Å². The van der Waals surface area contributed by atoms with Crippen molar-refractivity contribution in [3.8, 4) is 17.2 Å². The Morgan fingerprint density at radius 3 is 2.52 bits per heavy atom. The van der Waals surface area contributed by atoms with Gasteiger partial charge in [0, 0.05) is 25.3 Å². The molecular weight excluding hydrogens is 346 g/mol. The SMILES string of the molecule is CNC(=O)C1CCCN1C(=O)Nc1ccc(Oc2cccc(OC)c2)cc1. The fourth-order valence-corrected chi connectivity index (χ4v) is 3.05. The standard InChI is InChI=1S/C20H23N3O4/c1-21-19(24)18-7-4-12-23(18)20(25)22-14-8-10-15(11-9-14)27-17-6-3-5-16(13-17)26-2/h3,5-6,8-11,13,18H,4,7,12H2,1-2H3,(H,21,24)(H,22,25). The molecule has 1 heterocycles. The summed E-state index contributed by atoms with van der Waals surface area (Å²) in [5.74, 6) is 1.89.